The van der Waals surface area contributed by atoms with Crippen molar-refractivity contribution in [1.82, 2.24) is 14.3 Å². The fourth-order valence-electron chi connectivity index (χ4n) is 2.07. The van der Waals surface area contributed by atoms with Crippen LogP contribution in [0.4, 0.5) is 0 Å². The fourth-order valence-corrected chi connectivity index (χ4v) is 2.07. The Kier molecular flexibility index (Phi) is 2.19. The Bertz CT molecular complexity index is 773. The minimum absolute atomic E-state index is 0.0441. The molecule has 3 rings (SSSR count). The summed E-state index contributed by atoms with van der Waals surface area (Å²) in [5.74, 6) is -0.0441. The summed E-state index contributed by atoms with van der Waals surface area (Å²) < 4.78 is 2.89. The highest BCUT2D eigenvalue weighted by molar-refractivity contribution is 5.88. The van der Waals surface area contributed by atoms with Crippen molar-refractivity contribution in [1.29, 1.82) is 0 Å². The molecule has 2 aromatic heterocycles. The minimum Gasteiger partial charge on any atom is -0.505 e. The molecule has 0 bridgehead atoms. The predicted molar refractivity (Wildman–Crippen MR) is 68.0 cm³/mol. The number of hydrogen-bond acceptors (Lipinski definition) is 3. The number of aryl methyl sites for hydroxylation is 1. The first-order valence-electron chi connectivity index (χ1n) is 5.51. The predicted octanol–water partition coefficient (Wildman–Crippen LogP) is 1.43. The van der Waals surface area contributed by atoms with E-state index in [-0.39, 0.29) is 17.0 Å². The van der Waals surface area contributed by atoms with Gasteiger partial charge in [-0.05, 0) is 18.2 Å². The number of hydrogen-bond donors (Lipinski definition) is 1. The van der Waals surface area contributed by atoms with E-state index in [1.807, 2.05) is 12.1 Å². The van der Waals surface area contributed by atoms with Crippen LogP contribution in [-0.4, -0.2) is 19.5 Å². The third-order valence-electron chi connectivity index (χ3n) is 2.99. The average Bonchev–Trinajstić information content (AvgIpc) is 2.90. The summed E-state index contributed by atoms with van der Waals surface area (Å²) in [5.41, 5.74) is 0.576. The summed E-state index contributed by atoms with van der Waals surface area (Å²) in [6, 6.07) is 8.92. The second-order valence-corrected chi connectivity index (χ2v) is 4.03. The van der Waals surface area contributed by atoms with Crippen molar-refractivity contribution in [2.75, 3.05) is 0 Å². The topological polar surface area (TPSA) is 60.0 Å². The molecule has 0 fully saturated rings. The van der Waals surface area contributed by atoms with Gasteiger partial charge in [-0.15, -0.1) is 0 Å². The molecule has 5 nitrogen and oxygen atoms in total. The Hall–Kier alpha value is -2.56. The largest absolute Gasteiger partial charge is 0.505 e. The molecule has 0 aliphatic rings. The SMILES string of the molecule is Cn1c(=O)c(-n2cccn2)c(O)c2ccccc21. The van der Waals surface area contributed by atoms with Crippen LogP contribution >= 0.6 is 0 Å². The maximum Gasteiger partial charge on any atom is 0.280 e. The number of fused-ring (bicyclic) bond motifs is 1. The Morgan fingerprint density at radius 3 is 2.72 bits per heavy atom. The van der Waals surface area contributed by atoms with Crippen molar-refractivity contribution in [3.8, 4) is 11.4 Å². The third-order valence-corrected chi connectivity index (χ3v) is 2.99. The molecule has 0 aliphatic carbocycles. The average molecular weight is 241 g/mol. The van der Waals surface area contributed by atoms with Crippen molar-refractivity contribution in [2.45, 2.75) is 0 Å². The molecule has 0 spiro atoms. The van der Waals surface area contributed by atoms with E-state index in [9.17, 15) is 9.90 Å². The van der Waals surface area contributed by atoms with Gasteiger partial charge in [-0.3, -0.25) is 4.79 Å². The van der Waals surface area contributed by atoms with Crippen LogP contribution in [-0.2, 0) is 7.05 Å². The summed E-state index contributed by atoms with van der Waals surface area (Å²) in [7, 11) is 1.68. The summed E-state index contributed by atoms with van der Waals surface area (Å²) in [6.45, 7) is 0. The van der Waals surface area contributed by atoms with Gasteiger partial charge >= 0.3 is 0 Å². The molecular formula is C13H11N3O2. The van der Waals surface area contributed by atoms with Gasteiger partial charge in [0.05, 0.1) is 5.52 Å². The number of rotatable bonds is 1. The minimum atomic E-state index is -0.282. The molecule has 0 saturated heterocycles. The molecular weight excluding hydrogens is 230 g/mol. The fraction of sp³-hybridized carbons (Fsp3) is 0.0769. The van der Waals surface area contributed by atoms with Gasteiger partial charge in [0.15, 0.2) is 11.4 Å². The molecule has 2 heterocycles. The number of benzene rings is 1. The van der Waals surface area contributed by atoms with Crippen LogP contribution in [0.1, 0.15) is 0 Å². The lowest BCUT2D eigenvalue weighted by molar-refractivity contribution is 0.474. The first-order valence-corrected chi connectivity index (χ1v) is 5.51. The lowest BCUT2D eigenvalue weighted by Gasteiger charge is -2.11. The summed E-state index contributed by atoms with van der Waals surface area (Å²) in [5, 5.41) is 14.9. The van der Waals surface area contributed by atoms with Crippen LogP contribution in [0.25, 0.3) is 16.6 Å². The summed E-state index contributed by atoms with van der Waals surface area (Å²) in [4.78, 5) is 12.2. The van der Waals surface area contributed by atoms with Crippen LogP contribution in [0.5, 0.6) is 5.75 Å². The Balaban J connectivity index is 2.51. The highest BCUT2D eigenvalue weighted by Gasteiger charge is 2.15. The molecule has 0 radical (unpaired) electrons. The Morgan fingerprint density at radius 1 is 1.22 bits per heavy atom. The lowest BCUT2D eigenvalue weighted by atomic mass is 10.2. The van der Waals surface area contributed by atoms with E-state index in [1.165, 1.54) is 9.25 Å². The van der Waals surface area contributed by atoms with Gasteiger partial charge in [0.25, 0.3) is 5.56 Å². The van der Waals surface area contributed by atoms with Crippen LogP contribution in [0.2, 0.25) is 0 Å². The van der Waals surface area contributed by atoms with E-state index in [2.05, 4.69) is 5.10 Å². The number of pyridine rings is 1. The van der Waals surface area contributed by atoms with Crippen LogP contribution < -0.4 is 5.56 Å². The van der Waals surface area contributed by atoms with Crippen molar-refractivity contribution < 1.29 is 5.11 Å². The van der Waals surface area contributed by atoms with Crippen molar-refractivity contribution in [2.24, 2.45) is 7.05 Å². The summed E-state index contributed by atoms with van der Waals surface area (Å²) >= 11 is 0. The van der Waals surface area contributed by atoms with Crippen LogP contribution in [0, 0.1) is 0 Å². The van der Waals surface area contributed by atoms with Gasteiger partial charge in [-0.2, -0.15) is 5.10 Å². The van der Waals surface area contributed by atoms with E-state index >= 15 is 0 Å². The zero-order chi connectivity index (χ0) is 12.7. The van der Waals surface area contributed by atoms with E-state index in [4.69, 9.17) is 0 Å². The maximum atomic E-state index is 12.2. The molecule has 18 heavy (non-hydrogen) atoms. The van der Waals surface area contributed by atoms with Crippen LogP contribution in [0.15, 0.2) is 47.5 Å². The Morgan fingerprint density at radius 2 is 2.00 bits per heavy atom. The van der Waals surface area contributed by atoms with E-state index in [0.717, 1.165) is 0 Å². The first-order chi connectivity index (χ1) is 8.70. The standard InChI is InChI=1S/C13H11N3O2/c1-15-10-6-3-2-5-9(10)12(17)11(13(15)18)16-8-4-7-14-16/h2-8,17H,1H3. The second-order valence-electron chi connectivity index (χ2n) is 4.03. The molecule has 0 aliphatic heterocycles. The normalized spacial score (nSPS) is 10.9. The molecule has 1 aromatic carbocycles. The van der Waals surface area contributed by atoms with Gasteiger partial charge in [0.1, 0.15) is 0 Å². The van der Waals surface area contributed by atoms with Crippen molar-refractivity contribution in [3.63, 3.8) is 0 Å². The molecule has 1 N–H and O–H groups in total. The van der Waals surface area contributed by atoms with Gasteiger partial charge in [0, 0.05) is 24.8 Å². The van der Waals surface area contributed by atoms with Crippen molar-refractivity contribution >= 4 is 10.9 Å². The third kappa shape index (κ3) is 1.34. The number of aromatic nitrogens is 3. The molecule has 90 valence electrons. The van der Waals surface area contributed by atoms with Gasteiger partial charge < -0.3 is 9.67 Å². The molecule has 0 saturated carbocycles. The van der Waals surface area contributed by atoms with E-state index in [0.29, 0.717) is 10.9 Å². The lowest BCUT2D eigenvalue weighted by Crippen LogP contribution is -2.22. The summed E-state index contributed by atoms with van der Waals surface area (Å²) in [6.07, 6.45) is 3.19. The zero-order valence-electron chi connectivity index (χ0n) is 9.74. The highest BCUT2D eigenvalue weighted by Crippen LogP contribution is 2.27. The van der Waals surface area contributed by atoms with E-state index < -0.39 is 0 Å². The second kappa shape index (κ2) is 3.73. The van der Waals surface area contributed by atoms with Crippen molar-refractivity contribution in [3.05, 3.63) is 53.1 Å². The molecule has 0 amide bonds. The monoisotopic (exact) mass is 241 g/mol. The highest BCUT2D eigenvalue weighted by atomic mass is 16.3. The van der Waals surface area contributed by atoms with Gasteiger partial charge in [-0.1, -0.05) is 12.1 Å². The maximum absolute atomic E-state index is 12.2. The molecule has 0 atom stereocenters. The number of nitrogens with zero attached hydrogens (tertiary/aromatic N) is 3. The number of aromatic hydroxyl groups is 1. The quantitative estimate of drug-likeness (QED) is 0.701. The van der Waals surface area contributed by atoms with Gasteiger partial charge in [-0.25, -0.2) is 4.68 Å². The number of para-hydroxylation sites is 1. The smallest absolute Gasteiger partial charge is 0.280 e. The molecule has 3 aromatic rings. The van der Waals surface area contributed by atoms with Gasteiger partial charge in [0.2, 0.25) is 0 Å². The van der Waals surface area contributed by atoms with Crippen LogP contribution in [0.3, 0.4) is 0 Å². The first kappa shape index (κ1) is 10.6. The Labute approximate surface area is 103 Å². The molecule has 5 heteroatoms. The molecule has 0 unspecified atom stereocenters. The zero-order valence-corrected chi connectivity index (χ0v) is 9.74. The van der Waals surface area contributed by atoms with E-state index in [1.54, 1.807) is 37.6 Å².